The summed E-state index contributed by atoms with van der Waals surface area (Å²) in [6.45, 7) is 2.09. The molecule has 0 bridgehead atoms. The van der Waals surface area contributed by atoms with Crippen molar-refractivity contribution in [2.24, 2.45) is 0 Å². The summed E-state index contributed by atoms with van der Waals surface area (Å²) < 4.78 is 6.43. The maximum Gasteiger partial charge on any atom is 0.153 e. The van der Waals surface area contributed by atoms with Crippen LogP contribution in [0.4, 0.5) is 0 Å². The second kappa shape index (κ2) is 5.88. The van der Waals surface area contributed by atoms with Crippen LogP contribution in [0.2, 0.25) is 0 Å². The summed E-state index contributed by atoms with van der Waals surface area (Å²) in [7, 11) is 0. The first-order valence-electron chi connectivity index (χ1n) is 8.77. The molecule has 3 nitrogen and oxygen atoms in total. The molecule has 3 heteroatoms. The number of hydrogen-bond acceptors (Lipinski definition) is 2. The minimum atomic E-state index is -0.184. The summed E-state index contributed by atoms with van der Waals surface area (Å²) in [5.41, 5.74) is 7.59. The second-order valence-electron chi connectivity index (χ2n) is 6.63. The SMILES string of the molecule is Cc1ccc(-c2n[nH]c3c2C(c2ccccc2)Oc2ccccc2-3)cc1. The number of ether oxygens (including phenoxy) is 1. The Labute approximate surface area is 152 Å². The maximum atomic E-state index is 6.43. The van der Waals surface area contributed by atoms with Crippen molar-refractivity contribution in [1.82, 2.24) is 10.2 Å². The molecule has 2 heterocycles. The number of hydrogen-bond donors (Lipinski definition) is 1. The summed E-state index contributed by atoms with van der Waals surface area (Å²) >= 11 is 0. The van der Waals surface area contributed by atoms with Gasteiger partial charge < -0.3 is 4.74 Å². The highest BCUT2D eigenvalue weighted by atomic mass is 16.5. The Kier molecular flexibility index (Phi) is 3.39. The van der Waals surface area contributed by atoms with Crippen LogP contribution in [-0.2, 0) is 0 Å². The van der Waals surface area contributed by atoms with Crippen LogP contribution in [0.25, 0.3) is 22.5 Å². The molecular weight excluding hydrogens is 320 g/mol. The molecule has 126 valence electrons. The highest BCUT2D eigenvalue weighted by Gasteiger charge is 2.32. The van der Waals surface area contributed by atoms with Gasteiger partial charge in [-0.1, -0.05) is 72.3 Å². The molecule has 4 aromatic rings. The van der Waals surface area contributed by atoms with E-state index in [9.17, 15) is 0 Å². The third-order valence-corrected chi connectivity index (χ3v) is 4.89. The van der Waals surface area contributed by atoms with Crippen LogP contribution in [0.1, 0.15) is 22.8 Å². The highest BCUT2D eigenvalue weighted by molar-refractivity contribution is 5.80. The molecule has 1 atom stereocenters. The molecule has 1 aliphatic heterocycles. The molecule has 0 amide bonds. The molecule has 1 aliphatic rings. The third-order valence-electron chi connectivity index (χ3n) is 4.89. The standard InChI is InChI=1S/C23H18N2O/c1-15-11-13-16(14-12-15)21-20-22(25-24-21)18-9-5-6-10-19(18)26-23(20)17-7-3-2-4-8-17/h2-14,23H,1H3,(H,24,25). The van der Waals surface area contributed by atoms with Gasteiger partial charge in [-0.3, -0.25) is 5.10 Å². The van der Waals surface area contributed by atoms with Gasteiger partial charge in [0.15, 0.2) is 6.10 Å². The fraction of sp³-hybridized carbons (Fsp3) is 0.0870. The molecule has 5 rings (SSSR count). The number of aryl methyl sites for hydroxylation is 1. The first-order chi connectivity index (χ1) is 12.8. The number of nitrogens with one attached hydrogen (secondary N) is 1. The minimum absolute atomic E-state index is 0.184. The van der Waals surface area contributed by atoms with Crippen molar-refractivity contribution in [1.29, 1.82) is 0 Å². The molecule has 0 fully saturated rings. The fourth-order valence-corrected chi connectivity index (χ4v) is 3.57. The van der Waals surface area contributed by atoms with Gasteiger partial charge in [-0.25, -0.2) is 0 Å². The van der Waals surface area contributed by atoms with Crippen LogP contribution in [0.3, 0.4) is 0 Å². The molecule has 1 aromatic heterocycles. The van der Waals surface area contributed by atoms with Gasteiger partial charge >= 0.3 is 0 Å². The molecule has 0 saturated carbocycles. The average Bonchev–Trinajstić information content (AvgIpc) is 3.14. The summed E-state index contributed by atoms with van der Waals surface area (Å²) in [5, 5.41) is 7.93. The van der Waals surface area contributed by atoms with E-state index < -0.39 is 0 Å². The van der Waals surface area contributed by atoms with Gasteiger partial charge in [-0.2, -0.15) is 5.10 Å². The van der Waals surface area contributed by atoms with Gasteiger partial charge in [-0.05, 0) is 24.6 Å². The number of fused-ring (bicyclic) bond motifs is 3. The van der Waals surface area contributed by atoms with E-state index >= 15 is 0 Å². The van der Waals surface area contributed by atoms with Crippen LogP contribution < -0.4 is 4.74 Å². The monoisotopic (exact) mass is 338 g/mol. The normalized spacial score (nSPS) is 15.0. The van der Waals surface area contributed by atoms with Crippen molar-refractivity contribution in [2.45, 2.75) is 13.0 Å². The average molecular weight is 338 g/mol. The number of nitrogens with zero attached hydrogens (tertiary/aromatic N) is 1. The van der Waals surface area contributed by atoms with E-state index in [4.69, 9.17) is 4.74 Å². The van der Waals surface area contributed by atoms with Crippen molar-refractivity contribution in [2.75, 3.05) is 0 Å². The smallest absolute Gasteiger partial charge is 0.153 e. The summed E-state index contributed by atoms with van der Waals surface area (Å²) in [6, 6.07) is 26.9. The zero-order chi connectivity index (χ0) is 17.5. The Morgan fingerprint density at radius 2 is 1.58 bits per heavy atom. The van der Waals surface area contributed by atoms with E-state index in [0.717, 1.165) is 39.4 Å². The van der Waals surface area contributed by atoms with Crippen molar-refractivity contribution >= 4 is 0 Å². The predicted octanol–water partition coefficient (Wildman–Crippen LogP) is 5.53. The molecule has 3 aromatic carbocycles. The van der Waals surface area contributed by atoms with Crippen molar-refractivity contribution in [3.05, 3.63) is 95.6 Å². The van der Waals surface area contributed by atoms with Gasteiger partial charge in [0.2, 0.25) is 0 Å². The molecule has 26 heavy (non-hydrogen) atoms. The summed E-state index contributed by atoms with van der Waals surface area (Å²) in [6.07, 6.45) is -0.184. The zero-order valence-corrected chi connectivity index (χ0v) is 14.4. The summed E-state index contributed by atoms with van der Waals surface area (Å²) in [5.74, 6) is 0.882. The lowest BCUT2D eigenvalue weighted by Crippen LogP contribution is -2.15. The van der Waals surface area contributed by atoms with Crippen LogP contribution in [-0.4, -0.2) is 10.2 Å². The quantitative estimate of drug-likeness (QED) is 0.521. The zero-order valence-electron chi connectivity index (χ0n) is 14.4. The van der Waals surface area contributed by atoms with Gasteiger partial charge in [0.25, 0.3) is 0 Å². The lowest BCUT2D eigenvalue weighted by atomic mass is 9.91. The molecule has 0 saturated heterocycles. The fourth-order valence-electron chi connectivity index (χ4n) is 3.57. The highest BCUT2D eigenvalue weighted by Crippen LogP contribution is 2.47. The van der Waals surface area contributed by atoms with Crippen LogP contribution >= 0.6 is 0 Å². The number of para-hydroxylation sites is 1. The van der Waals surface area contributed by atoms with E-state index in [-0.39, 0.29) is 6.10 Å². The molecule has 0 radical (unpaired) electrons. The summed E-state index contributed by atoms with van der Waals surface area (Å²) in [4.78, 5) is 0. The minimum Gasteiger partial charge on any atom is -0.480 e. The largest absolute Gasteiger partial charge is 0.480 e. The topological polar surface area (TPSA) is 37.9 Å². The number of H-pyrrole nitrogens is 1. The Hall–Kier alpha value is -3.33. The Bertz CT molecular complexity index is 1070. The molecule has 0 spiro atoms. The first-order valence-corrected chi connectivity index (χ1v) is 8.77. The third kappa shape index (κ3) is 2.32. The van der Waals surface area contributed by atoms with E-state index in [1.807, 2.05) is 36.4 Å². The molecule has 1 N–H and O–H groups in total. The van der Waals surface area contributed by atoms with Crippen molar-refractivity contribution in [3.63, 3.8) is 0 Å². The second-order valence-corrected chi connectivity index (χ2v) is 6.63. The van der Waals surface area contributed by atoms with E-state index in [2.05, 4.69) is 59.6 Å². The number of aromatic amines is 1. The van der Waals surface area contributed by atoms with Gasteiger partial charge in [0, 0.05) is 11.1 Å². The molecule has 1 unspecified atom stereocenters. The lowest BCUT2D eigenvalue weighted by Gasteiger charge is -2.27. The van der Waals surface area contributed by atoms with Gasteiger partial charge in [0.1, 0.15) is 5.75 Å². The Morgan fingerprint density at radius 1 is 0.846 bits per heavy atom. The number of benzene rings is 3. The predicted molar refractivity (Wildman–Crippen MR) is 103 cm³/mol. The van der Waals surface area contributed by atoms with Crippen molar-refractivity contribution < 1.29 is 4.74 Å². The Morgan fingerprint density at radius 3 is 2.38 bits per heavy atom. The van der Waals surface area contributed by atoms with E-state index in [0.29, 0.717) is 0 Å². The van der Waals surface area contributed by atoms with Gasteiger partial charge in [0.05, 0.1) is 17.0 Å². The van der Waals surface area contributed by atoms with E-state index in [1.54, 1.807) is 0 Å². The molecule has 0 aliphatic carbocycles. The van der Waals surface area contributed by atoms with Gasteiger partial charge in [-0.15, -0.1) is 0 Å². The van der Waals surface area contributed by atoms with Crippen LogP contribution in [0, 0.1) is 6.92 Å². The number of rotatable bonds is 2. The molecular formula is C23H18N2O. The maximum absolute atomic E-state index is 6.43. The first kappa shape index (κ1) is 15.0. The number of aromatic nitrogens is 2. The van der Waals surface area contributed by atoms with Crippen LogP contribution in [0.15, 0.2) is 78.9 Å². The van der Waals surface area contributed by atoms with Crippen molar-refractivity contribution in [3.8, 4) is 28.3 Å². The van der Waals surface area contributed by atoms with Crippen LogP contribution in [0.5, 0.6) is 5.75 Å². The lowest BCUT2D eigenvalue weighted by molar-refractivity contribution is 0.244. The Balaban J connectivity index is 1.75. The van der Waals surface area contributed by atoms with E-state index in [1.165, 1.54) is 5.56 Å².